The number of fused-ring (bicyclic) bond motifs is 1. The van der Waals surface area contributed by atoms with Gasteiger partial charge in [-0.3, -0.25) is 5.01 Å². The van der Waals surface area contributed by atoms with Crippen molar-refractivity contribution in [3.8, 4) is 5.75 Å². The van der Waals surface area contributed by atoms with Crippen molar-refractivity contribution in [1.29, 1.82) is 0 Å². The van der Waals surface area contributed by atoms with Gasteiger partial charge in [0.05, 0.1) is 0 Å². The molecule has 0 spiro atoms. The van der Waals surface area contributed by atoms with E-state index in [0.717, 1.165) is 36.7 Å². The second kappa shape index (κ2) is 4.71. The number of phenols is 1. The van der Waals surface area contributed by atoms with Crippen LogP contribution in [0, 0.1) is 11.6 Å². The normalized spacial score (nSPS) is 23.0. The van der Waals surface area contributed by atoms with Gasteiger partial charge in [0.2, 0.25) is 0 Å². The third-order valence-electron chi connectivity index (χ3n) is 4.04. The van der Waals surface area contributed by atoms with E-state index in [-0.39, 0.29) is 11.3 Å². The number of nitrogens with zero attached hydrogens (tertiary/aromatic N) is 2. The van der Waals surface area contributed by atoms with Crippen LogP contribution < -0.4 is 0 Å². The summed E-state index contributed by atoms with van der Waals surface area (Å²) >= 11 is 1.36. The molecule has 2 aromatic rings. The van der Waals surface area contributed by atoms with E-state index in [2.05, 4.69) is 5.10 Å². The molecule has 1 N–H and O–H groups in total. The molecule has 0 bridgehead atoms. The summed E-state index contributed by atoms with van der Waals surface area (Å²) in [6, 6.07) is 10.4. The van der Waals surface area contributed by atoms with Crippen LogP contribution in [0.15, 0.2) is 47.6 Å². The fourth-order valence-corrected chi connectivity index (χ4v) is 4.28. The number of hydrogen-bond donors (Lipinski definition) is 1. The van der Waals surface area contributed by atoms with E-state index < -0.39 is 16.5 Å². The van der Waals surface area contributed by atoms with E-state index in [1.807, 2.05) is 17.1 Å². The molecule has 4 rings (SSSR count). The monoisotopic (exact) mass is 318 g/mol. The fourth-order valence-electron chi connectivity index (χ4n) is 2.84. The molecule has 1 saturated heterocycles. The van der Waals surface area contributed by atoms with Gasteiger partial charge in [-0.15, -0.1) is 0 Å². The second-order valence-electron chi connectivity index (χ2n) is 5.31. The minimum atomic E-state index is -0.514. The van der Waals surface area contributed by atoms with Crippen molar-refractivity contribution in [3.05, 3.63) is 65.2 Å². The van der Waals surface area contributed by atoms with Crippen molar-refractivity contribution in [2.45, 2.75) is 11.3 Å². The molecule has 1 atom stereocenters. The number of thioether (sulfide) groups is 1. The predicted octanol–water partition coefficient (Wildman–Crippen LogP) is 3.64. The van der Waals surface area contributed by atoms with Crippen molar-refractivity contribution in [1.82, 2.24) is 5.01 Å². The lowest BCUT2D eigenvalue weighted by Crippen LogP contribution is -2.49. The summed E-state index contributed by atoms with van der Waals surface area (Å²) in [6.45, 7) is 0.724. The van der Waals surface area contributed by atoms with Crippen LogP contribution in [0.5, 0.6) is 5.75 Å². The van der Waals surface area contributed by atoms with Crippen LogP contribution in [0.4, 0.5) is 8.78 Å². The Balaban J connectivity index is 1.75. The summed E-state index contributed by atoms with van der Waals surface area (Å²) in [6.07, 6.45) is 0.791. The minimum Gasteiger partial charge on any atom is -0.508 e. The first-order valence-corrected chi connectivity index (χ1v) is 7.71. The van der Waals surface area contributed by atoms with Crippen LogP contribution in [0.1, 0.15) is 17.5 Å². The van der Waals surface area contributed by atoms with Crippen molar-refractivity contribution < 1.29 is 13.9 Å². The van der Waals surface area contributed by atoms with Gasteiger partial charge < -0.3 is 5.11 Å². The lowest BCUT2D eigenvalue weighted by molar-refractivity contribution is 0.0685. The number of hydrazone groups is 1. The number of halogens is 2. The van der Waals surface area contributed by atoms with E-state index >= 15 is 0 Å². The van der Waals surface area contributed by atoms with Crippen LogP contribution in [0.25, 0.3) is 0 Å². The van der Waals surface area contributed by atoms with Crippen LogP contribution >= 0.6 is 11.8 Å². The smallest absolute Gasteiger partial charge is 0.139 e. The molecule has 0 radical (unpaired) electrons. The maximum Gasteiger partial charge on any atom is 0.139 e. The Morgan fingerprint density at radius 2 is 2.00 bits per heavy atom. The molecule has 0 aliphatic carbocycles. The fraction of sp³-hybridized carbons (Fsp3) is 0.188. The Hall–Kier alpha value is -2.08. The first-order valence-electron chi connectivity index (χ1n) is 6.89. The molecule has 0 amide bonds. The highest BCUT2D eigenvalue weighted by Crippen LogP contribution is 2.57. The highest BCUT2D eigenvalue weighted by atomic mass is 32.2. The first-order chi connectivity index (χ1) is 10.6. The zero-order chi connectivity index (χ0) is 15.3. The summed E-state index contributed by atoms with van der Waals surface area (Å²) in [5.74, 6) is -0.802. The Labute approximate surface area is 130 Å². The third kappa shape index (κ3) is 1.83. The number of phenolic OH excluding ortho intramolecular Hbond substituents is 1. The first kappa shape index (κ1) is 13.6. The number of rotatable bonds is 2. The van der Waals surface area contributed by atoms with Gasteiger partial charge in [-0.2, -0.15) is 5.10 Å². The number of hydrogen-bond acceptors (Lipinski definition) is 4. The van der Waals surface area contributed by atoms with Gasteiger partial charge in [0.1, 0.15) is 27.3 Å². The van der Waals surface area contributed by atoms with E-state index in [4.69, 9.17) is 0 Å². The zero-order valence-electron chi connectivity index (χ0n) is 11.5. The Kier molecular flexibility index (Phi) is 2.91. The molecule has 2 aliphatic heterocycles. The van der Waals surface area contributed by atoms with Crippen molar-refractivity contribution in [2.24, 2.45) is 5.10 Å². The summed E-state index contributed by atoms with van der Waals surface area (Å²) in [5.41, 5.74) is 0.913. The topological polar surface area (TPSA) is 35.8 Å². The SMILES string of the molecule is Oc1ccccc1C12CCN1N=C(c1cc(F)ccc1F)S2. The van der Waals surface area contributed by atoms with Crippen molar-refractivity contribution in [2.75, 3.05) is 6.54 Å². The van der Waals surface area contributed by atoms with Crippen molar-refractivity contribution in [3.63, 3.8) is 0 Å². The Bertz CT molecular complexity index is 795. The van der Waals surface area contributed by atoms with Gasteiger partial charge in [0, 0.05) is 24.1 Å². The van der Waals surface area contributed by atoms with E-state index in [1.54, 1.807) is 12.1 Å². The maximum atomic E-state index is 14.0. The van der Waals surface area contributed by atoms with Crippen LogP contribution in [0.3, 0.4) is 0 Å². The molecule has 112 valence electrons. The van der Waals surface area contributed by atoms with Gasteiger partial charge in [-0.1, -0.05) is 30.0 Å². The summed E-state index contributed by atoms with van der Waals surface area (Å²) < 4.78 is 27.4. The number of aromatic hydroxyl groups is 1. The zero-order valence-corrected chi connectivity index (χ0v) is 12.3. The predicted molar refractivity (Wildman–Crippen MR) is 81.6 cm³/mol. The molecule has 0 aromatic heterocycles. The van der Waals surface area contributed by atoms with E-state index in [9.17, 15) is 13.9 Å². The summed E-state index contributed by atoms with van der Waals surface area (Å²) in [4.78, 5) is -0.514. The molecular formula is C16H12F2N2OS. The van der Waals surface area contributed by atoms with Gasteiger partial charge >= 0.3 is 0 Å². The average molecular weight is 318 g/mol. The maximum absolute atomic E-state index is 14.0. The molecule has 2 aromatic carbocycles. The Morgan fingerprint density at radius 1 is 1.18 bits per heavy atom. The largest absolute Gasteiger partial charge is 0.508 e. The molecule has 2 aliphatic rings. The lowest BCUT2D eigenvalue weighted by Gasteiger charge is -2.46. The third-order valence-corrected chi connectivity index (χ3v) is 5.51. The standard InChI is InChI=1S/C16H12F2N2OS/c17-10-5-6-13(18)11(9-10)15-19-20-8-7-16(20,22-15)12-3-1-2-4-14(12)21/h1-6,9,21H,7-8H2. The molecule has 1 fully saturated rings. The summed E-state index contributed by atoms with van der Waals surface area (Å²) in [7, 11) is 0. The number of para-hydroxylation sites is 1. The van der Waals surface area contributed by atoms with Crippen LogP contribution in [0.2, 0.25) is 0 Å². The molecule has 3 nitrogen and oxygen atoms in total. The molecule has 0 saturated carbocycles. The van der Waals surface area contributed by atoms with Crippen LogP contribution in [-0.2, 0) is 4.87 Å². The minimum absolute atomic E-state index is 0.161. The Morgan fingerprint density at radius 3 is 2.73 bits per heavy atom. The lowest BCUT2D eigenvalue weighted by atomic mass is 9.95. The summed E-state index contributed by atoms with van der Waals surface area (Å²) in [5, 5.41) is 16.8. The van der Waals surface area contributed by atoms with Gasteiger partial charge in [0.25, 0.3) is 0 Å². The highest BCUT2D eigenvalue weighted by molar-refractivity contribution is 8.15. The van der Waals surface area contributed by atoms with Gasteiger partial charge in [0.15, 0.2) is 0 Å². The van der Waals surface area contributed by atoms with Gasteiger partial charge in [-0.25, -0.2) is 8.78 Å². The number of benzene rings is 2. The quantitative estimate of drug-likeness (QED) is 0.918. The van der Waals surface area contributed by atoms with Crippen molar-refractivity contribution >= 4 is 16.8 Å². The average Bonchev–Trinajstić information content (AvgIpc) is 2.75. The molecular weight excluding hydrogens is 306 g/mol. The van der Waals surface area contributed by atoms with Crippen LogP contribution in [-0.4, -0.2) is 21.7 Å². The molecule has 22 heavy (non-hydrogen) atoms. The molecule has 1 unspecified atom stereocenters. The molecule has 6 heteroatoms. The van der Waals surface area contributed by atoms with E-state index in [1.165, 1.54) is 11.8 Å². The highest BCUT2D eigenvalue weighted by Gasteiger charge is 2.53. The second-order valence-corrected chi connectivity index (χ2v) is 6.57. The molecule has 2 heterocycles. The van der Waals surface area contributed by atoms with E-state index in [0.29, 0.717) is 5.04 Å². The van der Waals surface area contributed by atoms with Gasteiger partial charge in [-0.05, 0) is 24.3 Å².